The number of rotatable bonds is 4. The van der Waals surface area contributed by atoms with Crippen molar-refractivity contribution in [1.82, 2.24) is 10.2 Å². The number of hydrogen-bond acceptors (Lipinski definition) is 3. The van der Waals surface area contributed by atoms with Gasteiger partial charge in [0, 0.05) is 13.1 Å². The van der Waals surface area contributed by atoms with Crippen LogP contribution in [0.2, 0.25) is 0 Å². The number of piperidine rings is 1. The third-order valence-electron chi connectivity index (χ3n) is 3.22. The molecule has 0 aromatic carbocycles. The van der Waals surface area contributed by atoms with E-state index in [1.54, 1.807) is 0 Å². The summed E-state index contributed by atoms with van der Waals surface area (Å²) in [7, 11) is 0. The van der Waals surface area contributed by atoms with Crippen molar-refractivity contribution >= 4 is 0 Å². The zero-order valence-corrected chi connectivity index (χ0v) is 10.2. The molecule has 1 heterocycles. The fourth-order valence-corrected chi connectivity index (χ4v) is 1.98. The zero-order chi connectivity index (χ0) is 11.3. The first-order valence-electron chi connectivity index (χ1n) is 6.00. The van der Waals surface area contributed by atoms with Crippen LogP contribution < -0.4 is 5.32 Å². The minimum absolute atomic E-state index is 0.254. The van der Waals surface area contributed by atoms with Crippen LogP contribution in [0.15, 0.2) is 0 Å². The lowest BCUT2D eigenvalue weighted by Gasteiger charge is -2.37. The van der Waals surface area contributed by atoms with Crippen LogP contribution in [0.1, 0.15) is 33.6 Å². The molecular weight excluding hydrogens is 186 g/mol. The molecule has 0 aromatic heterocycles. The van der Waals surface area contributed by atoms with Gasteiger partial charge in [-0.2, -0.15) is 5.26 Å². The number of likely N-dealkylation sites (tertiary alicyclic amines) is 1. The maximum absolute atomic E-state index is 9.28. The lowest BCUT2D eigenvalue weighted by atomic mass is 9.88. The molecule has 0 saturated carbocycles. The molecule has 0 aromatic rings. The number of nitriles is 1. The molecule has 15 heavy (non-hydrogen) atoms. The summed E-state index contributed by atoms with van der Waals surface area (Å²) in [4.78, 5) is 2.41. The largest absolute Gasteiger partial charge is 0.303 e. The van der Waals surface area contributed by atoms with Crippen molar-refractivity contribution in [1.29, 1.82) is 5.26 Å². The van der Waals surface area contributed by atoms with Crippen molar-refractivity contribution in [2.75, 3.05) is 26.2 Å². The van der Waals surface area contributed by atoms with Crippen LogP contribution in [0.25, 0.3) is 0 Å². The van der Waals surface area contributed by atoms with Gasteiger partial charge in [0.1, 0.15) is 5.54 Å². The van der Waals surface area contributed by atoms with E-state index in [0.717, 1.165) is 39.0 Å². The molecule has 1 saturated heterocycles. The molecule has 0 unspecified atom stereocenters. The summed E-state index contributed by atoms with van der Waals surface area (Å²) >= 11 is 0. The minimum Gasteiger partial charge on any atom is -0.303 e. The molecule has 3 nitrogen and oxygen atoms in total. The topological polar surface area (TPSA) is 39.1 Å². The van der Waals surface area contributed by atoms with E-state index in [2.05, 4.69) is 37.1 Å². The first-order chi connectivity index (χ1) is 7.12. The molecule has 1 fully saturated rings. The Labute approximate surface area is 93.5 Å². The van der Waals surface area contributed by atoms with Gasteiger partial charge in [-0.05, 0) is 31.8 Å². The van der Waals surface area contributed by atoms with E-state index in [-0.39, 0.29) is 5.54 Å². The van der Waals surface area contributed by atoms with Crippen LogP contribution in [-0.4, -0.2) is 36.6 Å². The second-order valence-electron chi connectivity index (χ2n) is 4.90. The van der Waals surface area contributed by atoms with Gasteiger partial charge in [0.15, 0.2) is 0 Å². The monoisotopic (exact) mass is 209 g/mol. The summed E-state index contributed by atoms with van der Waals surface area (Å²) in [5, 5.41) is 12.7. The van der Waals surface area contributed by atoms with Crippen molar-refractivity contribution in [2.24, 2.45) is 5.92 Å². The Balaban J connectivity index is 2.46. The molecule has 1 aliphatic heterocycles. The van der Waals surface area contributed by atoms with E-state index in [4.69, 9.17) is 0 Å². The van der Waals surface area contributed by atoms with Crippen molar-refractivity contribution in [2.45, 2.75) is 39.2 Å². The fourth-order valence-electron chi connectivity index (χ4n) is 1.98. The summed E-state index contributed by atoms with van der Waals surface area (Å²) < 4.78 is 0. The minimum atomic E-state index is -0.254. The highest BCUT2D eigenvalue weighted by molar-refractivity contribution is 5.09. The predicted molar refractivity (Wildman–Crippen MR) is 62.5 cm³/mol. The highest BCUT2D eigenvalue weighted by Gasteiger charge is 2.33. The van der Waals surface area contributed by atoms with E-state index >= 15 is 0 Å². The molecule has 1 aliphatic rings. The Morgan fingerprint density at radius 3 is 2.40 bits per heavy atom. The second-order valence-corrected chi connectivity index (χ2v) is 4.90. The van der Waals surface area contributed by atoms with Crippen LogP contribution in [0.3, 0.4) is 0 Å². The van der Waals surface area contributed by atoms with Gasteiger partial charge in [0.05, 0.1) is 6.07 Å². The Kier molecular flexibility index (Phi) is 4.56. The molecule has 0 aliphatic carbocycles. The molecule has 0 radical (unpaired) electrons. The summed E-state index contributed by atoms with van der Waals surface area (Å²) in [6.45, 7) is 10.7. The van der Waals surface area contributed by atoms with Crippen LogP contribution in [0.4, 0.5) is 0 Å². The third-order valence-corrected chi connectivity index (χ3v) is 3.22. The van der Waals surface area contributed by atoms with Gasteiger partial charge in [0.25, 0.3) is 0 Å². The van der Waals surface area contributed by atoms with E-state index < -0.39 is 0 Å². The van der Waals surface area contributed by atoms with Crippen molar-refractivity contribution < 1.29 is 0 Å². The van der Waals surface area contributed by atoms with Gasteiger partial charge >= 0.3 is 0 Å². The fraction of sp³-hybridized carbons (Fsp3) is 0.917. The molecular formula is C12H23N3. The van der Waals surface area contributed by atoms with Crippen molar-refractivity contribution in [3.63, 3.8) is 0 Å². The van der Waals surface area contributed by atoms with Crippen LogP contribution in [0.5, 0.6) is 0 Å². The molecule has 0 spiro atoms. The van der Waals surface area contributed by atoms with Gasteiger partial charge in [-0.3, -0.25) is 5.32 Å². The van der Waals surface area contributed by atoms with E-state index in [1.165, 1.54) is 0 Å². The zero-order valence-electron chi connectivity index (χ0n) is 10.2. The standard InChI is InChI=1S/C12H23N3/c1-4-15-7-5-12(10-13,6-8-15)14-9-11(2)3/h11,14H,4-9H2,1-3H3. The maximum Gasteiger partial charge on any atom is 0.109 e. The summed E-state index contributed by atoms with van der Waals surface area (Å²) in [6.07, 6.45) is 1.92. The van der Waals surface area contributed by atoms with E-state index in [9.17, 15) is 5.26 Å². The quantitative estimate of drug-likeness (QED) is 0.764. The highest BCUT2D eigenvalue weighted by Crippen LogP contribution is 2.21. The average Bonchev–Trinajstić information content (AvgIpc) is 2.27. The van der Waals surface area contributed by atoms with E-state index in [0.29, 0.717) is 5.92 Å². The average molecular weight is 209 g/mol. The normalized spacial score (nSPS) is 21.5. The van der Waals surface area contributed by atoms with Gasteiger partial charge in [-0.1, -0.05) is 20.8 Å². The van der Waals surface area contributed by atoms with E-state index in [1.807, 2.05) is 0 Å². The highest BCUT2D eigenvalue weighted by atomic mass is 15.1. The Morgan fingerprint density at radius 1 is 1.40 bits per heavy atom. The first-order valence-corrected chi connectivity index (χ1v) is 6.00. The molecule has 0 bridgehead atoms. The predicted octanol–water partition coefficient (Wildman–Crippen LogP) is 1.61. The molecule has 0 atom stereocenters. The first kappa shape index (κ1) is 12.5. The molecule has 0 amide bonds. The third kappa shape index (κ3) is 3.48. The Morgan fingerprint density at radius 2 is 2.00 bits per heavy atom. The molecule has 1 N–H and O–H groups in total. The lowest BCUT2D eigenvalue weighted by molar-refractivity contribution is 0.170. The van der Waals surface area contributed by atoms with Crippen LogP contribution in [0, 0.1) is 17.2 Å². The number of nitrogens with one attached hydrogen (secondary N) is 1. The number of nitrogens with zero attached hydrogens (tertiary/aromatic N) is 2. The van der Waals surface area contributed by atoms with Crippen molar-refractivity contribution in [3.8, 4) is 6.07 Å². The summed E-state index contributed by atoms with van der Waals surface area (Å²) in [5.74, 6) is 0.611. The van der Waals surface area contributed by atoms with Gasteiger partial charge < -0.3 is 4.90 Å². The van der Waals surface area contributed by atoms with Gasteiger partial charge in [-0.25, -0.2) is 0 Å². The maximum atomic E-state index is 9.28. The SMILES string of the molecule is CCN1CCC(C#N)(NCC(C)C)CC1. The second kappa shape index (κ2) is 5.48. The van der Waals surface area contributed by atoms with Gasteiger partial charge in [-0.15, -0.1) is 0 Å². The van der Waals surface area contributed by atoms with Crippen LogP contribution >= 0.6 is 0 Å². The number of hydrogen-bond donors (Lipinski definition) is 1. The van der Waals surface area contributed by atoms with Gasteiger partial charge in [0.2, 0.25) is 0 Å². The van der Waals surface area contributed by atoms with Crippen molar-refractivity contribution in [3.05, 3.63) is 0 Å². The Bertz CT molecular complexity index is 222. The Hall–Kier alpha value is -0.590. The summed E-state index contributed by atoms with van der Waals surface area (Å²) in [6, 6.07) is 2.48. The smallest absolute Gasteiger partial charge is 0.109 e. The van der Waals surface area contributed by atoms with Crippen LogP contribution in [-0.2, 0) is 0 Å². The molecule has 86 valence electrons. The molecule has 1 rings (SSSR count). The lowest BCUT2D eigenvalue weighted by Crippen LogP contribution is -2.53. The summed E-state index contributed by atoms with van der Waals surface area (Å²) in [5.41, 5.74) is -0.254. The molecule has 3 heteroatoms.